The average molecular weight is 600 g/mol. The number of fused-ring (bicyclic) bond motifs is 3. The van der Waals surface area contributed by atoms with Crippen LogP contribution in [0.2, 0.25) is 0 Å². The van der Waals surface area contributed by atoms with Crippen molar-refractivity contribution in [2.75, 3.05) is 17.2 Å². The largest absolute Gasteiger partial charge is 0.325 e. The third-order valence-electron chi connectivity index (χ3n) is 5.84. The van der Waals surface area contributed by atoms with Gasteiger partial charge in [-0.15, -0.1) is 0 Å². The van der Waals surface area contributed by atoms with E-state index in [4.69, 9.17) is 5.26 Å². The molecular weight excluding hydrogens is 579 g/mol. The fourth-order valence-corrected chi connectivity index (χ4v) is 6.20. The van der Waals surface area contributed by atoms with E-state index in [-0.39, 0.29) is 36.2 Å². The molecule has 0 saturated heterocycles. The predicted octanol–water partition coefficient (Wildman–Crippen LogP) is 4.05. The molecule has 2 aliphatic rings. The van der Waals surface area contributed by atoms with E-state index in [0.29, 0.717) is 23.0 Å². The number of anilines is 3. The molecule has 1 aliphatic heterocycles. The first kappa shape index (κ1) is 23.7. The quantitative estimate of drug-likeness (QED) is 0.392. The predicted molar refractivity (Wildman–Crippen MR) is 139 cm³/mol. The number of nitrogens with one attached hydrogen (secondary N) is 2. The number of carbonyl (C=O) groups is 1. The molecule has 0 unspecified atom stereocenters. The molecule has 9 nitrogen and oxygen atoms in total. The average Bonchev–Trinajstić information content (AvgIpc) is 3.66. The van der Waals surface area contributed by atoms with Gasteiger partial charge in [0.1, 0.15) is 0 Å². The Bertz CT molecular complexity index is 1450. The van der Waals surface area contributed by atoms with Gasteiger partial charge in [-0.2, -0.15) is 9.57 Å². The monoisotopic (exact) mass is 600 g/mol. The summed E-state index contributed by atoms with van der Waals surface area (Å²) in [4.78, 5) is 21.5. The van der Waals surface area contributed by atoms with Gasteiger partial charge in [0.2, 0.25) is 21.9 Å². The van der Waals surface area contributed by atoms with Crippen LogP contribution >= 0.6 is 22.6 Å². The number of sulfonamides is 1. The SMILES string of the molecule is N#CCCN(C1CC1)S(=O)(=O)c1ccc(Nc2ncc3c(n2)-c2ccc(I)cc2NC(=O)C3)cc1. The second-order valence-corrected chi connectivity index (χ2v) is 11.5. The molecule has 11 heteroatoms. The van der Waals surface area contributed by atoms with Crippen LogP contribution in [0, 0.1) is 14.9 Å². The Labute approximate surface area is 216 Å². The first-order chi connectivity index (χ1) is 16.8. The molecule has 0 spiro atoms. The summed E-state index contributed by atoms with van der Waals surface area (Å²) in [5.41, 5.74) is 3.55. The van der Waals surface area contributed by atoms with E-state index in [1.165, 1.54) is 4.31 Å². The number of carbonyl (C=O) groups excluding carboxylic acids is 1. The van der Waals surface area contributed by atoms with E-state index in [9.17, 15) is 13.2 Å². The van der Waals surface area contributed by atoms with Crippen LogP contribution in [0.4, 0.5) is 17.3 Å². The molecule has 2 aromatic carbocycles. The molecule has 1 fully saturated rings. The molecule has 0 atom stereocenters. The van der Waals surface area contributed by atoms with Gasteiger partial charge in [-0.1, -0.05) is 0 Å². The highest BCUT2D eigenvalue weighted by Gasteiger charge is 2.37. The van der Waals surface area contributed by atoms with Crippen molar-refractivity contribution in [3.8, 4) is 17.3 Å². The number of halogens is 1. The highest BCUT2D eigenvalue weighted by atomic mass is 127. The van der Waals surface area contributed by atoms with Crippen LogP contribution in [0.25, 0.3) is 11.3 Å². The molecule has 5 rings (SSSR count). The maximum Gasteiger partial charge on any atom is 0.243 e. The van der Waals surface area contributed by atoms with Gasteiger partial charge < -0.3 is 10.6 Å². The van der Waals surface area contributed by atoms with Crippen molar-refractivity contribution < 1.29 is 13.2 Å². The van der Waals surface area contributed by atoms with Crippen molar-refractivity contribution in [3.63, 3.8) is 0 Å². The number of rotatable bonds is 7. The van der Waals surface area contributed by atoms with Gasteiger partial charge in [0.15, 0.2) is 0 Å². The molecule has 3 aromatic rings. The van der Waals surface area contributed by atoms with E-state index < -0.39 is 10.0 Å². The minimum atomic E-state index is -3.67. The lowest BCUT2D eigenvalue weighted by Gasteiger charge is -2.20. The summed E-state index contributed by atoms with van der Waals surface area (Å²) in [5.74, 6) is 0.218. The number of nitrogens with zero attached hydrogens (tertiary/aromatic N) is 4. The van der Waals surface area contributed by atoms with Crippen LogP contribution in [-0.2, 0) is 21.2 Å². The van der Waals surface area contributed by atoms with Crippen molar-refractivity contribution in [1.82, 2.24) is 14.3 Å². The Hall–Kier alpha value is -3.08. The van der Waals surface area contributed by atoms with E-state index in [2.05, 4.69) is 43.2 Å². The lowest BCUT2D eigenvalue weighted by Crippen LogP contribution is -2.33. The standard InChI is InChI=1S/C24H21IN6O3S/c25-16-2-9-20-21(13-16)29-22(32)12-15-14-27-24(30-23(15)20)28-17-3-7-19(8-4-17)35(33,34)31(11-1-10-26)18-5-6-18/h2-4,7-9,13-14,18H,1,5-6,11-12H2,(H,29,32)(H,27,28,30). The summed E-state index contributed by atoms with van der Waals surface area (Å²) < 4.78 is 28.6. The number of benzene rings is 2. The first-order valence-corrected chi connectivity index (χ1v) is 13.6. The minimum Gasteiger partial charge on any atom is -0.325 e. The maximum absolute atomic E-state index is 13.1. The third-order valence-corrected chi connectivity index (χ3v) is 8.48. The first-order valence-electron chi connectivity index (χ1n) is 11.1. The van der Waals surface area contributed by atoms with E-state index in [0.717, 1.165) is 27.5 Å². The van der Waals surface area contributed by atoms with Crippen LogP contribution < -0.4 is 10.6 Å². The molecule has 35 heavy (non-hydrogen) atoms. The molecule has 1 aromatic heterocycles. The topological polar surface area (TPSA) is 128 Å². The van der Waals surface area contributed by atoms with Crippen LogP contribution in [0.1, 0.15) is 24.8 Å². The summed E-state index contributed by atoms with van der Waals surface area (Å²) >= 11 is 2.20. The van der Waals surface area contributed by atoms with Gasteiger partial charge in [0.25, 0.3) is 0 Å². The minimum absolute atomic E-state index is 0.0216. The Balaban J connectivity index is 1.40. The zero-order valence-electron chi connectivity index (χ0n) is 18.5. The van der Waals surface area contributed by atoms with Crippen LogP contribution in [0.15, 0.2) is 53.6 Å². The van der Waals surface area contributed by atoms with Gasteiger partial charge in [0.05, 0.1) is 28.8 Å². The smallest absolute Gasteiger partial charge is 0.243 e. The summed E-state index contributed by atoms with van der Waals surface area (Å²) in [6.45, 7) is 0.199. The fourth-order valence-electron chi connectivity index (χ4n) is 4.02. The highest BCUT2D eigenvalue weighted by molar-refractivity contribution is 14.1. The van der Waals surface area contributed by atoms with Crippen LogP contribution in [0.5, 0.6) is 0 Å². The van der Waals surface area contributed by atoms with Crippen molar-refractivity contribution >= 4 is 55.8 Å². The zero-order chi connectivity index (χ0) is 24.6. The van der Waals surface area contributed by atoms with Gasteiger partial charge in [-0.25, -0.2) is 18.4 Å². The molecule has 0 radical (unpaired) electrons. The Morgan fingerprint density at radius 1 is 1.20 bits per heavy atom. The van der Waals surface area contributed by atoms with Crippen LogP contribution in [0.3, 0.4) is 0 Å². The van der Waals surface area contributed by atoms with Crippen molar-refractivity contribution in [2.24, 2.45) is 0 Å². The van der Waals surface area contributed by atoms with E-state index >= 15 is 0 Å². The highest BCUT2D eigenvalue weighted by Crippen LogP contribution is 2.35. The maximum atomic E-state index is 13.1. The lowest BCUT2D eigenvalue weighted by molar-refractivity contribution is -0.115. The van der Waals surface area contributed by atoms with E-state index in [1.54, 1.807) is 30.5 Å². The summed E-state index contributed by atoms with van der Waals surface area (Å²) in [6, 6.07) is 14.2. The Morgan fingerprint density at radius 3 is 2.69 bits per heavy atom. The Kier molecular flexibility index (Phi) is 6.43. The lowest BCUT2D eigenvalue weighted by atomic mass is 10.1. The zero-order valence-corrected chi connectivity index (χ0v) is 21.5. The summed E-state index contributed by atoms with van der Waals surface area (Å²) in [6.07, 6.45) is 3.62. The van der Waals surface area contributed by atoms with Gasteiger partial charge in [-0.3, -0.25) is 4.79 Å². The number of aromatic nitrogens is 2. The fraction of sp³-hybridized carbons (Fsp3) is 0.250. The second kappa shape index (κ2) is 9.52. The molecule has 2 heterocycles. The molecular formula is C24H21IN6O3S. The second-order valence-electron chi connectivity index (χ2n) is 8.39. The van der Waals surface area contributed by atoms with E-state index in [1.807, 2.05) is 24.3 Å². The van der Waals surface area contributed by atoms with Crippen molar-refractivity contribution in [2.45, 2.75) is 36.6 Å². The van der Waals surface area contributed by atoms with Crippen molar-refractivity contribution in [1.29, 1.82) is 5.26 Å². The third kappa shape index (κ3) is 5.00. The summed E-state index contributed by atoms with van der Waals surface area (Å²) in [5, 5.41) is 14.9. The molecule has 1 amide bonds. The van der Waals surface area contributed by atoms with Gasteiger partial charge in [-0.05, 0) is 77.9 Å². The number of amides is 1. The summed E-state index contributed by atoms with van der Waals surface area (Å²) in [7, 11) is -3.67. The number of nitriles is 1. The van der Waals surface area contributed by atoms with Gasteiger partial charge >= 0.3 is 0 Å². The molecule has 2 N–H and O–H groups in total. The Morgan fingerprint density at radius 2 is 1.97 bits per heavy atom. The normalized spacial score (nSPS) is 14.9. The molecule has 1 aliphatic carbocycles. The number of hydrogen-bond donors (Lipinski definition) is 2. The number of hydrogen-bond acceptors (Lipinski definition) is 7. The van der Waals surface area contributed by atoms with Gasteiger partial charge in [0, 0.05) is 45.6 Å². The molecule has 1 saturated carbocycles. The van der Waals surface area contributed by atoms with Crippen LogP contribution in [-0.4, -0.2) is 41.2 Å². The molecule has 0 bridgehead atoms. The van der Waals surface area contributed by atoms with Crippen molar-refractivity contribution in [3.05, 3.63) is 57.8 Å². The molecule has 178 valence electrons.